The zero-order valence-electron chi connectivity index (χ0n) is 13.5. The van der Waals surface area contributed by atoms with E-state index < -0.39 is 0 Å². The quantitative estimate of drug-likeness (QED) is 0.719. The van der Waals surface area contributed by atoms with Gasteiger partial charge in [0.2, 0.25) is 11.8 Å². The second kappa shape index (κ2) is 8.85. The van der Waals surface area contributed by atoms with Crippen LogP contribution in [0.25, 0.3) is 0 Å². The summed E-state index contributed by atoms with van der Waals surface area (Å²) in [7, 11) is 0. The Morgan fingerprint density at radius 3 is 2.55 bits per heavy atom. The van der Waals surface area contributed by atoms with E-state index >= 15 is 0 Å². The number of piperazine rings is 1. The Kier molecular flexibility index (Phi) is 6.79. The van der Waals surface area contributed by atoms with Crippen LogP contribution in [0.4, 0.5) is 0 Å². The third kappa shape index (κ3) is 5.38. The lowest BCUT2D eigenvalue weighted by Gasteiger charge is -2.34. The molecule has 124 valence electrons. The fourth-order valence-corrected chi connectivity index (χ4v) is 2.69. The fraction of sp³-hybridized carbons (Fsp3) is 0.800. The van der Waals surface area contributed by atoms with E-state index in [0.29, 0.717) is 18.9 Å². The molecule has 2 rings (SSSR count). The number of rotatable bonds is 8. The van der Waals surface area contributed by atoms with Crippen LogP contribution in [0.3, 0.4) is 0 Å². The lowest BCUT2D eigenvalue weighted by molar-refractivity contribution is -0.133. The van der Waals surface area contributed by atoms with E-state index in [1.54, 1.807) is 6.92 Å². The average Bonchev–Trinajstić information content (AvgIpc) is 2.93. The largest absolute Gasteiger partial charge is 0.340 e. The minimum Gasteiger partial charge on any atom is -0.340 e. The van der Waals surface area contributed by atoms with Gasteiger partial charge in [-0.3, -0.25) is 9.69 Å². The van der Waals surface area contributed by atoms with Crippen LogP contribution in [0.2, 0.25) is 0 Å². The molecule has 1 saturated heterocycles. The lowest BCUT2D eigenvalue weighted by atomic mass is 10.1. The Labute approximate surface area is 131 Å². The van der Waals surface area contributed by atoms with E-state index in [4.69, 9.17) is 10.3 Å². The minimum atomic E-state index is 0.280. The second-order valence-corrected chi connectivity index (χ2v) is 5.84. The van der Waals surface area contributed by atoms with Gasteiger partial charge in [0.1, 0.15) is 0 Å². The van der Waals surface area contributed by atoms with E-state index in [1.165, 1.54) is 0 Å². The van der Waals surface area contributed by atoms with Crippen LogP contribution in [-0.4, -0.2) is 58.6 Å². The van der Waals surface area contributed by atoms with E-state index in [9.17, 15) is 4.79 Å². The van der Waals surface area contributed by atoms with E-state index in [-0.39, 0.29) is 5.91 Å². The SMILES string of the molecule is Cc1nc(CN2CCN(C(=O)CCCCCCN)CC2)no1. The third-order valence-electron chi connectivity index (χ3n) is 4.00. The highest BCUT2D eigenvalue weighted by atomic mass is 16.5. The maximum absolute atomic E-state index is 12.1. The smallest absolute Gasteiger partial charge is 0.223 e. The van der Waals surface area contributed by atoms with Crippen molar-refractivity contribution in [3.8, 4) is 0 Å². The lowest BCUT2D eigenvalue weighted by Crippen LogP contribution is -2.48. The van der Waals surface area contributed by atoms with Crippen molar-refractivity contribution >= 4 is 5.91 Å². The first-order valence-corrected chi connectivity index (χ1v) is 8.18. The summed E-state index contributed by atoms with van der Waals surface area (Å²) in [4.78, 5) is 20.6. The fourth-order valence-electron chi connectivity index (χ4n) is 2.69. The first-order chi connectivity index (χ1) is 10.7. The number of nitrogens with zero attached hydrogens (tertiary/aromatic N) is 4. The van der Waals surface area contributed by atoms with Gasteiger partial charge in [-0.1, -0.05) is 18.0 Å². The summed E-state index contributed by atoms with van der Waals surface area (Å²) in [6.45, 7) is 6.55. The van der Waals surface area contributed by atoms with Gasteiger partial charge in [-0.15, -0.1) is 0 Å². The van der Waals surface area contributed by atoms with Gasteiger partial charge in [-0.05, 0) is 19.4 Å². The maximum Gasteiger partial charge on any atom is 0.223 e. The van der Waals surface area contributed by atoms with Crippen molar-refractivity contribution in [1.29, 1.82) is 0 Å². The molecule has 0 atom stereocenters. The Bertz CT molecular complexity index is 455. The van der Waals surface area contributed by atoms with Gasteiger partial charge in [0.15, 0.2) is 5.82 Å². The first kappa shape index (κ1) is 16.9. The molecular formula is C15H27N5O2. The zero-order valence-corrected chi connectivity index (χ0v) is 13.5. The summed E-state index contributed by atoms with van der Waals surface area (Å²) in [6.07, 6.45) is 4.92. The molecule has 0 aromatic carbocycles. The van der Waals surface area contributed by atoms with Gasteiger partial charge in [-0.2, -0.15) is 4.98 Å². The second-order valence-electron chi connectivity index (χ2n) is 5.84. The van der Waals surface area contributed by atoms with Crippen molar-refractivity contribution in [1.82, 2.24) is 19.9 Å². The summed E-state index contributed by atoms with van der Waals surface area (Å²) >= 11 is 0. The maximum atomic E-state index is 12.1. The van der Waals surface area contributed by atoms with Gasteiger partial charge in [0, 0.05) is 39.5 Å². The number of nitrogens with two attached hydrogens (primary N) is 1. The van der Waals surface area contributed by atoms with Crippen molar-refractivity contribution in [3.05, 3.63) is 11.7 Å². The molecule has 7 nitrogen and oxygen atoms in total. The topological polar surface area (TPSA) is 88.5 Å². The third-order valence-corrected chi connectivity index (χ3v) is 4.00. The van der Waals surface area contributed by atoms with E-state index in [1.807, 2.05) is 4.90 Å². The average molecular weight is 309 g/mol. The first-order valence-electron chi connectivity index (χ1n) is 8.18. The molecule has 0 aliphatic carbocycles. The molecule has 0 saturated carbocycles. The van der Waals surface area contributed by atoms with Crippen LogP contribution in [-0.2, 0) is 11.3 Å². The molecule has 1 aromatic heterocycles. The highest BCUT2D eigenvalue weighted by Gasteiger charge is 2.21. The Morgan fingerprint density at radius 1 is 1.18 bits per heavy atom. The van der Waals surface area contributed by atoms with Crippen LogP contribution in [0.5, 0.6) is 0 Å². The summed E-state index contributed by atoms with van der Waals surface area (Å²) in [6, 6.07) is 0. The van der Waals surface area contributed by atoms with Gasteiger partial charge in [0.05, 0.1) is 6.54 Å². The molecule has 0 unspecified atom stereocenters. The molecular weight excluding hydrogens is 282 g/mol. The van der Waals surface area contributed by atoms with Crippen molar-refractivity contribution in [2.75, 3.05) is 32.7 Å². The van der Waals surface area contributed by atoms with Gasteiger partial charge < -0.3 is 15.2 Å². The number of hydrogen-bond donors (Lipinski definition) is 1. The molecule has 7 heteroatoms. The van der Waals surface area contributed by atoms with Gasteiger partial charge in [0.25, 0.3) is 0 Å². The molecule has 1 aliphatic rings. The highest BCUT2D eigenvalue weighted by Crippen LogP contribution is 2.10. The molecule has 22 heavy (non-hydrogen) atoms. The molecule has 2 N–H and O–H groups in total. The zero-order chi connectivity index (χ0) is 15.8. The molecule has 1 aliphatic heterocycles. The predicted octanol–water partition coefficient (Wildman–Crippen LogP) is 0.931. The van der Waals surface area contributed by atoms with Crippen LogP contribution >= 0.6 is 0 Å². The van der Waals surface area contributed by atoms with E-state index in [2.05, 4.69) is 15.0 Å². The number of hydrogen-bond acceptors (Lipinski definition) is 6. The van der Waals surface area contributed by atoms with Gasteiger partial charge >= 0.3 is 0 Å². The van der Waals surface area contributed by atoms with Crippen molar-refractivity contribution in [2.24, 2.45) is 5.73 Å². The van der Waals surface area contributed by atoms with E-state index in [0.717, 1.165) is 64.2 Å². The molecule has 1 amide bonds. The predicted molar refractivity (Wildman–Crippen MR) is 83.0 cm³/mol. The Hall–Kier alpha value is -1.47. The Balaban J connectivity index is 1.62. The number of unbranched alkanes of at least 4 members (excludes halogenated alkanes) is 3. The minimum absolute atomic E-state index is 0.280. The summed E-state index contributed by atoms with van der Waals surface area (Å²) in [5.74, 6) is 1.60. The standard InChI is InChI=1S/C15H27N5O2/c1-13-17-14(18-22-13)12-19-8-10-20(11-9-19)15(21)6-4-2-3-5-7-16/h2-12,16H2,1H3. The summed E-state index contributed by atoms with van der Waals surface area (Å²) < 4.78 is 4.98. The normalized spacial score (nSPS) is 16.2. The molecule has 2 heterocycles. The highest BCUT2D eigenvalue weighted by molar-refractivity contribution is 5.76. The summed E-state index contributed by atoms with van der Waals surface area (Å²) in [5.41, 5.74) is 5.46. The molecule has 0 spiro atoms. The Morgan fingerprint density at radius 2 is 1.91 bits per heavy atom. The molecule has 1 fully saturated rings. The van der Waals surface area contributed by atoms with Crippen LogP contribution < -0.4 is 5.73 Å². The van der Waals surface area contributed by atoms with Crippen molar-refractivity contribution in [2.45, 2.75) is 45.6 Å². The van der Waals surface area contributed by atoms with Crippen molar-refractivity contribution < 1.29 is 9.32 Å². The molecule has 1 aromatic rings. The van der Waals surface area contributed by atoms with Crippen LogP contribution in [0, 0.1) is 6.92 Å². The van der Waals surface area contributed by atoms with Gasteiger partial charge in [-0.25, -0.2) is 0 Å². The number of carbonyl (C=O) groups is 1. The number of aryl methyl sites for hydroxylation is 1. The number of aromatic nitrogens is 2. The molecule has 0 bridgehead atoms. The summed E-state index contributed by atoms with van der Waals surface area (Å²) in [5, 5.41) is 3.91. The monoisotopic (exact) mass is 309 g/mol. The van der Waals surface area contributed by atoms with Crippen LogP contribution in [0.15, 0.2) is 4.52 Å². The molecule has 0 radical (unpaired) electrons. The van der Waals surface area contributed by atoms with Crippen LogP contribution in [0.1, 0.15) is 43.8 Å². The number of amides is 1. The number of carbonyl (C=O) groups excluding carboxylic acids is 1. The van der Waals surface area contributed by atoms with Crippen molar-refractivity contribution in [3.63, 3.8) is 0 Å².